The van der Waals surface area contributed by atoms with E-state index in [4.69, 9.17) is 37.0 Å². The van der Waals surface area contributed by atoms with Crippen molar-refractivity contribution in [3.8, 4) is 0 Å². The molecule has 0 aliphatic rings. The minimum Gasteiger partial charge on any atom is -0.462 e. The van der Waals surface area contributed by atoms with Gasteiger partial charge in [0.15, 0.2) is 12.2 Å². The fourth-order valence-corrected chi connectivity index (χ4v) is 13.6. The van der Waals surface area contributed by atoms with E-state index in [0.29, 0.717) is 25.7 Å². The Hall–Kier alpha value is -1.94. The zero-order chi connectivity index (χ0) is 71.4. The number of aliphatic hydroxyl groups excluding tert-OH is 1. The number of esters is 4. The summed E-state index contributed by atoms with van der Waals surface area (Å²) in [6.07, 6.45) is 58.1. The van der Waals surface area contributed by atoms with Gasteiger partial charge in [0.05, 0.1) is 26.4 Å². The van der Waals surface area contributed by atoms with E-state index in [1.54, 1.807) is 0 Å². The molecule has 0 aromatic heterocycles. The van der Waals surface area contributed by atoms with Crippen LogP contribution < -0.4 is 0 Å². The molecule has 3 N–H and O–H groups in total. The first-order valence-electron chi connectivity index (χ1n) is 40.5. The normalized spacial score (nSPS) is 14.0. The average molecular weight is 1420 g/mol. The summed E-state index contributed by atoms with van der Waals surface area (Å²) in [5.74, 6) is -0.556. The number of hydrogen-bond acceptors (Lipinski definition) is 15. The predicted molar refractivity (Wildman–Crippen MR) is 395 cm³/mol. The smallest absolute Gasteiger partial charge is 0.462 e. The summed E-state index contributed by atoms with van der Waals surface area (Å²) in [5, 5.41) is 10.6. The van der Waals surface area contributed by atoms with Crippen LogP contribution in [0.15, 0.2) is 0 Å². The van der Waals surface area contributed by atoms with Gasteiger partial charge in [-0.2, -0.15) is 0 Å². The van der Waals surface area contributed by atoms with Gasteiger partial charge in [-0.3, -0.25) is 37.3 Å². The first kappa shape index (κ1) is 95.1. The minimum absolute atomic E-state index is 0.106. The molecule has 0 aliphatic heterocycles. The molecule has 19 heteroatoms. The number of hydrogen-bond donors (Lipinski definition) is 3. The van der Waals surface area contributed by atoms with Crippen molar-refractivity contribution in [2.24, 2.45) is 11.8 Å². The molecule has 97 heavy (non-hydrogen) atoms. The highest BCUT2D eigenvalue weighted by Crippen LogP contribution is 2.45. The molecule has 0 heterocycles. The molecule has 0 spiro atoms. The quantitative estimate of drug-likeness (QED) is 0.0222. The second-order valence-corrected chi connectivity index (χ2v) is 32.0. The van der Waals surface area contributed by atoms with Crippen molar-refractivity contribution in [1.29, 1.82) is 0 Å². The van der Waals surface area contributed by atoms with E-state index in [1.807, 2.05) is 0 Å². The van der Waals surface area contributed by atoms with Gasteiger partial charge in [-0.1, -0.05) is 356 Å². The molecule has 0 radical (unpaired) electrons. The minimum atomic E-state index is -4.96. The van der Waals surface area contributed by atoms with Gasteiger partial charge in [-0.25, -0.2) is 9.13 Å². The van der Waals surface area contributed by atoms with Crippen LogP contribution in [0.2, 0.25) is 0 Å². The van der Waals surface area contributed by atoms with E-state index in [9.17, 15) is 43.2 Å². The first-order chi connectivity index (χ1) is 46.9. The summed E-state index contributed by atoms with van der Waals surface area (Å²) in [7, 11) is -9.91. The first-order valence-corrected chi connectivity index (χ1v) is 43.5. The number of phosphoric ester groups is 2. The lowest BCUT2D eigenvalue weighted by molar-refractivity contribution is -0.161. The molecule has 576 valence electrons. The third kappa shape index (κ3) is 72.2. The van der Waals surface area contributed by atoms with Crippen molar-refractivity contribution in [3.63, 3.8) is 0 Å². The number of aliphatic hydroxyl groups is 1. The SMILES string of the molecule is CCCCCCCCCCCCCCCCCC(=O)OC[C@H](COP(=O)(O)OC[C@@H](O)COP(=O)(O)OC[C@@H](COC(=O)CCCCCCCCCCCCC)OC(=O)CCCCCCCCCCCCC(C)C)OC(=O)CCCCCCCCCCCCCCCCCC(C)C. The van der Waals surface area contributed by atoms with Crippen molar-refractivity contribution in [2.45, 2.75) is 426 Å². The van der Waals surface area contributed by atoms with Gasteiger partial charge < -0.3 is 33.8 Å². The molecular formula is C78H152O17P2. The topological polar surface area (TPSA) is 237 Å². The molecule has 0 fully saturated rings. The summed E-state index contributed by atoms with van der Waals surface area (Å²) in [6, 6.07) is 0. The van der Waals surface area contributed by atoms with Gasteiger partial charge in [0.25, 0.3) is 0 Å². The summed E-state index contributed by atoms with van der Waals surface area (Å²) in [4.78, 5) is 72.9. The number of phosphoric acid groups is 2. The van der Waals surface area contributed by atoms with E-state index in [2.05, 4.69) is 41.5 Å². The maximum Gasteiger partial charge on any atom is 0.472 e. The van der Waals surface area contributed by atoms with Crippen LogP contribution in [0.25, 0.3) is 0 Å². The molecule has 0 amide bonds. The molecular weight excluding hydrogens is 1270 g/mol. The van der Waals surface area contributed by atoms with Crippen LogP contribution >= 0.6 is 15.6 Å². The summed E-state index contributed by atoms with van der Waals surface area (Å²) >= 11 is 0. The van der Waals surface area contributed by atoms with E-state index in [-0.39, 0.29) is 25.7 Å². The van der Waals surface area contributed by atoms with Crippen LogP contribution in [-0.2, 0) is 65.4 Å². The Labute approximate surface area is 594 Å². The van der Waals surface area contributed by atoms with Gasteiger partial charge in [0, 0.05) is 25.7 Å². The molecule has 0 rings (SSSR count). The van der Waals surface area contributed by atoms with E-state index < -0.39 is 97.5 Å². The maximum absolute atomic E-state index is 13.1. The Morgan fingerprint density at radius 3 is 0.701 bits per heavy atom. The van der Waals surface area contributed by atoms with Gasteiger partial charge >= 0.3 is 39.5 Å². The van der Waals surface area contributed by atoms with Crippen LogP contribution in [-0.4, -0.2) is 96.7 Å². The van der Waals surface area contributed by atoms with E-state index in [1.165, 1.54) is 225 Å². The summed E-state index contributed by atoms with van der Waals surface area (Å²) in [5.41, 5.74) is 0. The average Bonchev–Trinajstić information content (AvgIpc) is 1.01. The molecule has 0 saturated heterocycles. The predicted octanol–water partition coefficient (Wildman–Crippen LogP) is 23.1. The van der Waals surface area contributed by atoms with Gasteiger partial charge in [0.2, 0.25) is 0 Å². The Morgan fingerprint density at radius 2 is 0.474 bits per heavy atom. The second-order valence-electron chi connectivity index (χ2n) is 29.1. The van der Waals surface area contributed by atoms with E-state index in [0.717, 1.165) is 102 Å². The lowest BCUT2D eigenvalue weighted by Gasteiger charge is -2.21. The summed E-state index contributed by atoms with van der Waals surface area (Å²) in [6.45, 7) is 9.63. The number of unbranched alkanes of at least 4 members (excludes halogenated alkanes) is 47. The standard InChI is InChI=1S/C78H152O17P2/c1-7-9-11-13-15-17-19-20-22-26-30-37-43-49-55-61-76(81)89-67-73(94-77(82)62-56-50-44-38-31-27-24-21-23-25-29-34-40-46-52-58-70(3)4)68-92-96(84,85)90-64-72(79)65-91-97(86,87)93-69-74(66-88-75(80)60-54-48-42-36-28-18-16-14-12-10-8-2)95-78(83)63-57-51-45-39-33-32-35-41-47-53-59-71(5)6/h70-74,79H,7-69H2,1-6H3,(H,84,85)(H,86,87)/t72-,73-,74-/m1/s1. The monoisotopic (exact) mass is 1420 g/mol. The lowest BCUT2D eigenvalue weighted by atomic mass is 10.0. The van der Waals surface area contributed by atoms with E-state index >= 15 is 0 Å². The molecule has 0 aromatic carbocycles. The molecule has 2 unspecified atom stereocenters. The molecule has 5 atom stereocenters. The second kappa shape index (κ2) is 69.8. The Morgan fingerprint density at radius 1 is 0.278 bits per heavy atom. The van der Waals surface area contributed by atoms with Gasteiger partial charge in [0.1, 0.15) is 19.3 Å². The number of ether oxygens (including phenoxy) is 4. The van der Waals surface area contributed by atoms with Crippen molar-refractivity contribution in [2.75, 3.05) is 39.6 Å². The largest absolute Gasteiger partial charge is 0.472 e. The molecule has 0 aliphatic carbocycles. The Bertz CT molecular complexity index is 1870. The lowest BCUT2D eigenvalue weighted by Crippen LogP contribution is -2.30. The van der Waals surface area contributed by atoms with Crippen molar-refractivity contribution >= 4 is 39.5 Å². The third-order valence-electron chi connectivity index (χ3n) is 18.2. The van der Waals surface area contributed by atoms with Crippen LogP contribution in [0.1, 0.15) is 408 Å². The van der Waals surface area contributed by atoms with Crippen molar-refractivity contribution in [1.82, 2.24) is 0 Å². The van der Waals surface area contributed by atoms with Crippen molar-refractivity contribution < 1.29 is 80.2 Å². The van der Waals surface area contributed by atoms with Crippen molar-refractivity contribution in [3.05, 3.63) is 0 Å². The third-order valence-corrected chi connectivity index (χ3v) is 20.1. The highest BCUT2D eigenvalue weighted by Gasteiger charge is 2.30. The fourth-order valence-electron chi connectivity index (χ4n) is 12.0. The summed E-state index contributed by atoms with van der Waals surface area (Å²) < 4.78 is 68.6. The number of rotatable bonds is 77. The maximum atomic E-state index is 13.1. The number of carbonyl (C=O) groups is 4. The van der Waals surface area contributed by atoms with Gasteiger partial charge in [-0.15, -0.1) is 0 Å². The van der Waals surface area contributed by atoms with Crippen LogP contribution in [0.4, 0.5) is 0 Å². The molecule has 0 bridgehead atoms. The molecule has 0 saturated carbocycles. The highest BCUT2D eigenvalue weighted by molar-refractivity contribution is 7.47. The Kier molecular flexibility index (Phi) is 68.4. The fraction of sp³-hybridized carbons (Fsp3) is 0.949. The highest BCUT2D eigenvalue weighted by atomic mass is 31.2. The number of carbonyl (C=O) groups excluding carboxylic acids is 4. The Balaban J connectivity index is 5.25. The zero-order valence-electron chi connectivity index (χ0n) is 63.4. The molecule has 17 nitrogen and oxygen atoms in total. The van der Waals surface area contributed by atoms with Gasteiger partial charge in [-0.05, 0) is 37.5 Å². The van der Waals surface area contributed by atoms with Crippen LogP contribution in [0, 0.1) is 11.8 Å². The molecule has 0 aromatic rings. The van der Waals surface area contributed by atoms with Crippen LogP contribution in [0.5, 0.6) is 0 Å². The zero-order valence-corrected chi connectivity index (χ0v) is 65.2. The van der Waals surface area contributed by atoms with Crippen LogP contribution in [0.3, 0.4) is 0 Å².